The van der Waals surface area contributed by atoms with Crippen LogP contribution >= 0.6 is 0 Å². The third kappa shape index (κ3) is 3.56. The highest BCUT2D eigenvalue weighted by Crippen LogP contribution is 2.21. The SMILES string of the molecule is CNC(CN(C)C1CCOC1)c1ccc(C)cc1C. The lowest BCUT2D eigenvalue weighted by Crippen LogP contribution is -2.38. The van der Waals surface area contributed by atoms with E-state index in [1.165, 1.54) is 16.7 Å². The molecule has 2 atom stereocenters. The van der Waals surface area contributed by atoms with Gasteiger partial charge in [0.1, 0.15) is 0 Å². The summed E-state index contributed by atoms with van der Waals surface area (Å²) in [7, 11) is 4.25. The lowest BCUT2D eigenvalue weighted by molar-refractivity contribution is 0.153. The molecule has 0 spiro atoms. The third-order valence-corrected chi connectivity index (χ3v) is 4.15. The summed E-state index contributed by atoms with van der Waals surface area (Å²) >= 11 is 0. The van der Waals surface area contributed by atoms with Crippen molar-refractivity contribution in [3.8, 4) is 0 Å². The number of likely N-dealkylation sites (N-methyl/N-ethyl adjacent to an activating group) is 2. The Morgan fingerprint density at radius 2 is 2.21 bits per heavy atom. The fourth-order valence-corrected chi connectivity index (χ4v) is 2.87. The Bertz CT molecular complexity index is 413. The van der Waals surface area contributed by atoms with Crippen LogP contribution in [0.1, 0.15) is 29.2 Å². The molecule has 2 rings (SSSR count). The van der Waals surface area contributed by atoms with Gasteiger partial charge in [0.15, 0.2) is 0 Å². The molecule has 0 amide bonds. The monoisotopic (exact) mass is 262 g/mol. The van der Waals surface area contributed by atoms with Crippen LogP contribution in [0.5, 0.6) is 0 Å². The zero-order valence-corrected chi connectivity index (χ0v) is 12.6. The molecule has 1 fully saturated rings. The molecule has 19 heavy (non-hydrogen) atoms. The lowest BCUT2D eigenvalue weighted by Gasteiger charge is -2.29. The molecule has 0 aromatic heterocycles. The summed E-state index contributed by atoms with van der Waals surface area (Å²) in [6.45, 7) is 7.15. The van der Waals surface area contributed by atoms with Crippen LogP contribution in [0.25, 0.3) is 0 Å². The van der Waals surface area contributed by atoms with Gasteiger partial charge < -0.3 is 10.1 Å². The summed E-state index contributed by atoms with van der Waals surface area (Å²) in [5.41, 5.74) is 4.10. The molecule has 2 unspecified atom stereocenters. The average Bonchev–Trinajstić information content (AvgIpc) is 2.90. The summed E-state index contributed by atoms with van der Waals surface area (Å²) in [5, 5.41) is 3.45. The van der Waals surface area contributed by atoms with E-state index in [0.29, 0.717) is 12.1 Å². The second-order valence-corrected chi connectivity index (χ2v) is 5.66. The highest BCUT2D eigenvalue weighted by molar-refractivity contribution is 5.33. The number of rotatable bonds is 5. The molecule has 106 valence electrons. The van der Waals surface area contributed by atoms with E-state index in [1.807, 2.05) is 7.05 Å². The van der Waals surface area contributed by atoms with Crippen LogP contribution in [0.3, 0.4) is 0 Å². The average molecular weight is 262 g/mol. The van der Waals surface area contributed by atoms with E-state index in [2.05, 4.69) is 49.3 Å². The van der Waals surface area contributed by atoms with Crippen molar-refractivity contribution in [1.29, 1.82) is 0 Å². The minimum absolute atomic E-state index is 0.381. The molecule has 1 aromatic carbocycles. The first-order chi connectivity index (χ1) is 9.11. The molecule has 1 aromatic rings. The summed E-state index contributed by atoms with van der Waals surface area (Å²) in [5.74, 6) is 0. The van der Waals surface area contributed by atoms with Gasteiger partial charge in [-0.1, -0.05) is 23.8 Å². The molecular formula is C16H26N2O. The molecule has 0 bridgehead atoms. The topological polar surface area (TPSA) is 24.5 Å². The van der Waals surface area contributed by atoms with Crippen LogP contribution in [-0.4, -0.2) is 44.8 Å². The highest BCUT2D eigenvalue weighted by atomic mass is 16.5. The van der Waals surface area contributed by atoms with E-state index < -0.39 is 0 Å². The Kier molecular flexibility index (Phi) is 4.97. The minimum Gasteiger partial charge on any atom is -0.380 e. The van der Waals surface area contributed by atoms with E-state index in [1.54, 1.807) is 0 Å². The van der Waals surface area contributed by atoms with Gasteiger partial charge in [0.25, 0.3) is 0 Å². The zero-order valence-electron chi connectivity index (χ0n) is 12.6. The number of hydrogen-bond donors (Lipinski definition) is 1. The van der Waals surface area contributed by atoms with E-state index in [4.69, 9.17) is 4.74 Å². The van der Waals surface area contributed by atoms with Crippen molar-refractivity contribution >= 4 is 0 Å². The van der Waals surface area contributed by atoms with E-state index in [0.717, 1.165) is 26.2 Å². The maximum Gasteiger partial charge on any atom is 0.0622 e. The van der Waals surface area contributed by atoms with E-state index in [9.17, 15) is 0 Å². The van der Waals surface area contributed by atoms with Crippen molar-refractivity contribution < 1.29 is 4.74 Å². The van der Waals surface area contributed by atoms with Gasteiger partial charge in [0.05, 0.1) is 6.61 Å². The second-order valence-electron chi connectivity index (χ2n) is 5.66. The van der Waals surface area contributed by atoms with Crippen LogP contribution < -0.4 is 5.32 Å². The quantitative estimate of drug-likeness (QED) is 0.881. The first-order valence-electron chi connectivity index (χ1n) is 7.14. The zero-order chi connectivity index (χ0) is 13.8. The van der Waals surface area contributed by atoms with Gasteiger partial charge in [0, 0.05) is 25.2 Å². The van der Waals surface area contributed by atoms with Gasteiger partial charge in [-0.3, -0.25) is 4.90 Å². The summed E-state index contributed by atoms with van der Waals surface area (Å²) < 4.78 is 5.48. The predicted molar refractivity (Wildman–Crippen MR) is 79.6 cm³/mol. The van der Waals surface area contributed by atoms with Crippen molar-refractivity contribution in [2.45, 2.75) is 32.4 Å². The highest BCUT2D eigenvalue weighted by Gasteiger charge is 2.23. The first-order valence-corrected chi connectivity index (χ1v) is 7.14. The number of aryl methyl sites for hydroxylation is 2. The Balaban J connectivity index is 2.06. The van der Waals surface area contributed by atoms with Crippen LogP contribution in [0.4, 0.5) is 0 Å². The molecule has 1 heterocycles. The smallest absolute Gasteiger partial charge is 0.0622 e. The van der Waals surface area contributed by atoms with Crippen molar-refractivity contribution in [2.24, 2.45) is 0 Å². The Labute approximate surface area is 116 Å². The number of ether oxygens (including phenoxy) is 1. The molecule has 1 aliphatic rings. The normalized spacial score (nSPS) is 21.0. The Morgan fingerprint density at radius 3 is 2.79 bits per heavy atom. The first kappa shape index (κ1) is 14.5. The fourth-order valence-electron chi connectivity index (χ4n) is 2.87. The van der Waals surface area contributed by atoms with Crippen LogP contribution in [0.2, 0.25) is 0 Å². The standard InChI is InChI=1S/C16H26N2O/c1-12-5-6-15(13(2)9-12)16(17-3)10-18(4)14-7-8-19-11-14/h5-6,9,14,16-17H,7-8,10-11H2,1-4H3. The van der Waals surface area contributed by atoms with Crippen molar-refractivity contribution in [1.82, 2.24) is 10.2 Å². The molecule has 0 radical (unpaired) electrons. The molecule has 0 saturated carbocycles. The maximum absolute atomic E-state index is 5.48. The lowest BCUT2D eigenvalue weighted by atomic mass is 9.98. The molecule has 3 nitrogen and oxygen atoms in total. The van der Waals surface area contributed by atoms with Gasteiger partial charge >= 0.3 is 0 Å². The molecular weight excluding hydrogens is 236 g/mol. The number of benzene rings is 1. The van der Waals surface area contributed by atoms with Gasteiger partial charge in [-0.15, -0.1) is 0 Å². The Morgan fingerprint density at radius 1 is 1.42 bits per heavy atom. The summed E-state index contributed by atoms with van der Waals surface area (Å²) in [6.07, 6.45) is 1.15. The molecule has 1 saturated heterocycles. The van der Waals surface area contributed by atoms with Gasteiger partial charge in [0.2, 0.25) is 0 Å². The van der Waals surface area contributed by atoms with Gasteiger partial charge in [-0.2, -0.15) is 0 Å². The van der Waals surface area contributed by atoms with Crippen LogP contribution in [-0.2, 0) is 4.74 Å². The van der Waals surface area contributed by atoms with Crippen LogP contribution in [0.15, 0.2) is 18.2 Å². The number of nitrogens with zero attached hydrogens (tertiary/aromatic N) is 1. The van der Waals surface area contributed by atoms with Crippen molar-refractivity contribution in [3.63, 3.8) is 0 Å². The van der Waals surface area contributed by atoms with Gasteiger partial charge in [-0.05, 0) is 45.5 Å². The summed E-state index contributed by atoms with van der Waals surface area (Å²) in [4.78, 5) is 2.42. The number of nitrogens with one attached hydrogen (secondary N) is 1. The molecule has 1 aliphatic heterocycles. The summed E-state index contributed by atoms with van der Waals surface area (Å²) in [6, 6.07) is 7.67. The van der Waals surface area contributed by atoms with E-state index in [-0.39, 0.29) is 0 Å². The second kappa shape index (κ2) is 6.51. The molecule has 3 heteroatoms. The van der Waals surface area contributed by atoms with Crippen LogP contribution in [0, 0.1) is 13.8 Å². The minimum atomic E-state index is 0.381. The Hall–Kier alpha value is -0.900. The van der Waals surface area contributed by atoms with Gasteiger partial charge in [-0.25, -0.2) is 0 Å². The number of hydrogen-bond acceptors (Lipinski definition) is 3. The third-order valence-electron chi connectivity index (χ3n) is 4.15. The molecule has 1 N–H and O–H groups in total. The molecule has 0 aliphatic carbocycles. The largest absolute Gasteiger partial charge is 0.380 e. The fraction of sp³-hybridized carbons (Fsp3) is 0.625. The maximum atomic E-state index is 5.48. The van der Waals surface area contributed by atoms with Crippen molar-refractivity contribution in [2.75, 3.05) is 33.9 Å². The van der Waals surface area contributed by atoms with E-state index >= 15 is 0 Å². The van der Waals surface area contributed by atoms with Crippen molar-refractivity contribution in [3.05, 3.63) is 34.9 Å². The predicted octanol–water partition coefficient (Wildman–Crippen LogP) is 2.28.